The number of amides is 1. The van der Waals surface area contributed by atoms with E-state index in [1.807, 2.05) is 27.7 Å². The first-order valence-corrected chi connectivity index (χ1v) is 17.6. The zero-order chi connectivity index (χ0) is 40.9. The van der Waals surface area contributed by atoms with Crippen LogP contribution in [0.25, 0.3) is 0 Å². The monoisotopic (exact) mass is 760 g/mol. The molecule has 0 aliphatic carbocycles. The highest BCUT2D eigenvalue weighted by Crippen LogP contribution is 2.28. The number of hydrogen-bond acceptors (Lipinski definition) is 14. The average Bonchev–Trinajstić information content (AvgIpc) is 3.21. The number of nitrogens with zero attached hydrogens (tertiary/aromatic N) is 6. The first kappa shape index (κ1) is 40.3. The third-order valence-electron chi connectivity index (χ3n) is 8.33. The molecule has 15 heteroatoms. The number of benzene rings is 4. The van der Waals surface area contributed by atoms with E-state index in [2.05, 4.69) is 58.8 Å². The number of hydrogen-bond donors (Lipinski definition) is 6. The number of aromatic nitrogens is 4. The van der Waals surface area contributed by atoms with Gasteiger partial charge in [-0.25, -0.2) is 20.6 Å². The summed E-state index contributed by atoms with van der Waals surface area (Å²) in [4.78, 5) is 41.1. The van der Waals surface area contributed by atoms with Crippen molar-refractivity contribution in [3.05, 3.63) is 142 Å². The molecule has 1 amide bonds. The van der Waals surface area contributed by atoms with Gasteiger partial charge in [-0.05, 0) is 142 Å². The summed E-state index contributed by atoms with van der Waals surface area (Å²) in [6.45, 7) is 9.78. The van der Waals surface area contributed by atoms with Crippen molar-refractivity contribution < 1.29 is 14.3 Å². The Morgan fingerprint density at radius 3 is 1.40 bits per heavy atom. The molecule has 0 saturated heterocycles. The summed E-state index contributed by atoms with van der Waals surface area (Å²) in [6.07, 6.45) is 3.29. The van der Waals surface area contributed by atoms with Crippen LogP contribution in [0, 0.1) is 50.4 Å². The molecule has 2 heterocycles. The summed E-state index contributed by atoms with van der Waals surface area (Å²) < 4.78 is 5.08. The van der Waals surface area contributed by atoms with Gasteiger partial charge in [0, 0.05) is 40.7 Å². The molecule has 0 spiro atoms. The van der Waals surface area contributed by atoms with Crippen LogP contribution in [-0.4, -0.2) is 38.4 Å². The molecular weight excluding hydrogens is 721 g/mol. The van der Waals surface area contributed by atoms with Gasteiger partial charge < -0.3 is 26.0 Å². The number of nitrogens with one attached hydrogen (secondary N) is 5. The number of rotatable bonds is 11. The Labute approximate surface area is 330 Å². The highest BCUT2D eigenvalue weighted by atomic mass is 16.5. The Hall–Kier alpha value is -7.88. The molecule has 7 N–H and O–H groups in total. The summed E-state index contributed by atoms with van der Waals surface area (Å²) in [7, 11) is 0. The van der Waals surface area contributed by atoms with E-state index < -0.39 is 0 Å². The quantitative estimate of drug-likeness (QED) is 0.0322. The summed E-state index contributed by atoms with van der Waals surface area (Å²) in [5.74, 6) is 6.61. The largest absolute Gasteiger partial charge is 0.462 e. The number of hydrazine groups is 1. The topological polar surface area (TPSA) is 229 Å². The summed E-state index contributed by atoms with van der Waals surface area (Å²) in [5.41, 5.74) is 11.2. The van der Waals surface area contributed by atoms with Gasteiger partial charge in [-0.2, -0.15) is 20.5 Å². The van der Waals surface area contributed by atoms with Crippen molar-refractivity contribution >= 4 is 58.2 Å². The maximum absolute atomic E-state index is 12.0. The van der Waals surface area contributed by atoms with Crippen LogP contribution in [0.3, 0.4) is 0 Å². The molecule has 286 valence electrons. The average molecular weight is 761 g/mol. The van der Waals surface area contributed by atoms with Crippen LogP contribution < -0.4 is 32.5 Å². The fourth-order valence-corrected chi connectivity index (χ4v) is 5.62. The molecule has 0 aliphatic heterocycles. The molecule has 0 saturated carbocycles. The van der Waals surface area contributed by atoms with Crippen molar-refractivity contribution in [1.82, 2.24) is 25.4 Å². The van der Waals surface area contributed by atoms with E-state index in [0.29, 0.717) is 52.4 Å². The Bertz CT molecular complexity index is 2430. The second-order valence-electron chi connectivity index (χ2n) is 12.6. The molecule has 57 heavy (non-hydrogen) atoms. The molecule has 0 radical (unpaired) electrons. The van der Waals surface area contributed by atoms with Crippen molar-refractivity contribution in [2.24, 2.45) is 5.84 Å². The first-order chi connectivity index (χ1) is 27.5. The van der Waals surface area contributed by atoms with E-state index in [9.17, 15) is 9.59 Å². The number of nitriles is 2. The zero-order valence-electron chi connectivity index (χ0n) is 31.9. The highest BCUT2D eigenvalue weighted by Gasteiger charge is 2.14. The Morgan fingerprint density at radius 2 is 1.04 bits per heavy atom. The van der Waals surface area contributed by atoms with E-state index in [4.69, 9.17) is 21.1 Å². The molecule has 0 aliphatic rings. The van der Waals surface area contributed by atoms with Gasteiger partial charge in [-0.3, -0.25) is 10.2 Å². The lowest BCUT2D eigenvalue weighted by molar-refractivity contribution is 0.0526. The van der Waals surface area contributed by atoms with Gasteiger partial charge in [0.15, 0.2) is 0 Å². The van der Waals surface area contributed by atoms with E-state index in [1.165, 1.54) is 0 Å². The van der Waals surface area contributed by atoms with E-state index in [0.717, 1.165) is 45.0 Å². The molecule has 6 aromatic rings. The number of anilines is 8. The SMILES string of the molecule is CCOC(=O)c1cc(C)c(Nc2ccnc(Nc3ccc(C#N)cc3)n2)c(C)c1.Cc1cc(C(=O)NN)cc(C)c1Nc1ccnc(Nc2ccc(C#N)cc2)n1. The minimum absolute atomic E-state index is 0.332. The third-order valence-corrected chi connectivity index (χ3v) is 8.33. The molecule has 4 aromatic carbocycles. The van der Waals surface area contributed by atoms with Crippen molar-refractivity contribution in [2.45, 2.75) is 34.6 Å². The van der Waals surface area contributed by atoms with Crippen LogP contribution >= 0.6 is 0 Å². The molecule has 0 unspecified atom stereocenters. The maximum atomic E-state index is 12.0. The second kappa shape index (κ2) is 18.9. The van der Waals surface area contributed by atoms with Gasteiger partial charge in [0.1, 0.15) is 11.6 Å². The molecule has 0 atom stereocenters. The molecule has 2 aromatic heterocycles. The van der Waals surface area contributed by atoms with Gasteiger partial charge >= 0.3 is 5.97 Å². The highest BCUT2D eigenvalue weighted by molar-refractivity contribution is 5.95. The van der Waals surface area contributed by atoms with Crippen molar-refractivity contribution in [1.29, 1.82) is 10.5 Å². The number of carbonyl (C=O) groups excluding carboxylic acids is 2. The van der Waals surface area contributed by atoms with Gasteiger partial charge in [-0.15, -0.1) is 0 Å². The maximum Gasteiger partial charge on any atom is 0.338 e. The smallest absolute Gasteiger partial charge is 0.338 e. The lowest BCUT2D eigenvalue weighted by atomic mass is 10.0. The summed E-state index contributed by atoms with van der Waals surface area (Å²) in [6, 6.07) is 28.8. The van der Waals surface area contributed by atoms with Crippen LogP contribution in [0.15, 0.2) is 97.3 Å². The predicted octanol–water partition coefficient (Wildman–Crippen LogP) is 7.68. The van der Waals surface area contributed by atoms with Crippen LogP contribution in [0.5, 0.6) is 0 Å². The minimum atomic E-state index is -0.339. The van der Waals surface area contributed by atoms with E-state index in [-0.39, 0.29) is 11.9 Å². The van der Waals surface area contributed by atoms with Crippen LogP contribution in [0.4, 0.5) is 46.3 Å². The van der Waals surface area contributed by atoms with Gasteiger partial charge in [0.05, 0.1) is 35.4 Å². The number of esters is 1. The fourth-order valence-electron chi connectivity index (χ4n) is 5.62. The normalized spacial score (nSPS) is 10.1. The van der Waals surface area contributed by atoms with Crippen molar-refractivity contribution in [2.75, 3.05) is 27.9 Å². The van der Waals surface area contributed by atoms with Gasteiger partial charge in [-0.1, -0.05) is 0 Å². The van der Waals surface area contributed by atoms with E-state index >= 15 is 0 Å². The molecule has 0 fully saturated rings. The summed E-state index contributed by atoms with van der Waals surface area (Å²) in [5, 5.41) is 30.5. The van der Waals surface area contributed by atoms with Gasteiger partial charge in [0.2, 0.25) is 11.9 Å². The number of aryl methyl sites for hydroxylation is 4. The van der Waals surface area contributed by atoms with Crippen LogP contribution in [0.2, 0.25) is 0 Å². The van der Waals surface area contributed by atoms with Gasteiger partial charge in [0.25, 0.3) is 5.91 Å². The van der Waals surface area contributed by atoms with E-state index in [1.54, 1.807) is 104 Å². The lowest BCUT2D eigenvalue weighted by Crippen LogP contribution is -2.30. The minimum Gasteiger partial charge on any atom is -0.462 e. The molecule has 6 rings (SSSR count). The Morgan fingerprint density at radius 1 is 0.632 bits per heavy atom. The van der Waals surface area contributed by atoms with Crippen LogP contribution in [0.1, 0.15) is 61.0 Å². The van der Waals surface area contributed by atoms with Crippen LogP contribution in [-0.2, 0) is 4.74 Å². The third kappa shape index (κ3) is 10.9. The number of carbonyl (C=O) groups is 2. The van der Waals surface area contributed by atoms with Crippen molar-refractivity contribution in [3.8, 4) is 12.1 Å². The Balaban J connectivity index is 0.000000218. The second-order valence-corrected chi connectivity index (χ2v) is 12.6. The fraction of sp³-hybridized carbons (Fsp3) is 0.143. The first-order valence-electron chi connectivity index (χ1n) is 17.6. The Kier molecular flexibility index (Phi) is 13.4. The molecule has 15 nitrogen and oxygen atoms in total. The number of nitrogens with two attached hydrogens (primary N) is 1. The molecule has 0 bridgehead atoms. The number of nitrogen functional groups attached to an aromatic ring is 1. The summed E-state index contributed by atoms with van der Waals surface area (Å²) >= 11 is 0. The number of ether oxygens (including phenoxy) is 1. The predicted molar refractivity (Wildman–Crippen MR) is 219 cm³/mol. The van der Waals surface area contributed by atoms with Crippen molar-refractivity contribution in [3.63, 3.8) is 0 Å². The molecular formula is C42H40N12O3. The standard InChI is InChI=1S/C22H21N5O2.C20H19N7O/c1-4-29-21(28)17-11-14(2)20(15(3)12-17)26-19-9-10-24-22(27-19)25-18-7-5-16(13-23)6-8-18;1-12-9-15(19(28)27-22)10-13(2)18(12)25-17-7-8-23-20(26-17)24-16-5-3-14(11-21)4-6-16/h5-12H,4H2,1-3H3,(H2,24,25,26,27);3-10H,22H2,1-2H3,(H,27,28)(H2,23,24,25,26). The lowest BCUT2D eigenvalue weighted by Gasteiger charge is -2.14. The zero-order valence-corrected chi connectivity index (χ0v) is 31.9.